The summed E-state index contributed by atoms with van der Waals surface area (Å²) in [5.41, 5.74) is 0.352. The maximum absolute atomic E-state index is 13.7. The minimum absolute atomic E-state index is 0.242. The molecule has 114 valence electrons. The van der Waals surface area contributed by atoms with Gasteiger partial charge in [0.15, 0.2) is 5.78 Å². The Hall–Kier alpha value is -2.33. The number of hydrogen-bond acceptors (Lipinski definition) is 1. The highest BCUT2D eigenvalue weighted by molar-refractivity contribution is 8.16. The van der Waals surface area contributed by atoms with Crippen LogP contribution in [0, 0.1) is 11.7 Å². The van der Waals surface area contributed by atoms with Crippen LogP contribution in [-0.4, -0.2) is 10.6 Å². The predicted molar refractivity (Wildman–Crippen MR) is 88.1 cm³/mol. The summed E-state index contributed by atoms with van der Waals surface area (Å²) in [6, 6.07) is 14.1. The van der Waals surface area contributed by atoms with Crippen LogP contribution in [0.3, 0.4) is 0 Å². The highest BCUT2D eigenvalue weighted by Gasteiger charge is 2.34. The SMILES string of the molecule is O=C1c2cc(F)ccc2S(c2ccccc2)=C2C=CC(F)=CC12. The van der Waals surface area contributed by atoms with Crippen LogP contribution >= 0.6 is 10.5 Å². The van der Waals surface area contributed by atoms with E-state index in [4.69, 9.17) is 0 Å². The molecule has 1 aliphatic carbocycles. The molecule has 1 heterocycles. The lowest BCUT2D eigenvalue weighted by molar-refractivity contribution is 0.0968. The molecule has 2 atom stereocenters. The van der Waals surface area contributed by atoms with Gasteiger partial charge in [0.1, 0.15) is 11.6 Å². The zero-order valence-electron chi connectivity index (χ0n) is 12.0. The van der Waals surface area contributed by atoms with E-state index < -0.39 is 28.0 Å². The molecule has 2 unspecified atom stereocenters. The van der Waals surface area contributed by atoms with Gasteiger partial charge in [-0.1, -0.05) is 18.2 Å². The van der Waals surface area contributed by atoms with Crippen molar-refractivity contribution in [1.29, 1.82) is 0 Å². The zero-order valence-corrected chi connectivity index (χ0v) is 12.8. The van der Waals surface area contributed by atoms with Crippen molar-refractivity contribution < 1.29 is 13.6 Å². The van der Waals surface area contributed by atoms with Gasteiger partial charge in [0.25, 0.3) is 0 Å². The molecule has 1 nitrogen and oxygen atoms in total. The Balaban J connectivity index is 2.05. The predicted octanol–water partition coefficient (Wildman–Crippen LogP) is 4.92. The van der Waals surface area contributed by atoms with E-state index in [-0.39, 0.29) is 5.78 Å². The second kappa shape index (κ2) is 5.39. The van der Waals surface area contributed by atoms with Crippen molar-refractivity contribution in [3.63, 3.8) is 0 Å². The molecule has 2 aromatic carbocycles. The Morgan fingerprint density at radius 1 is 0.957 bits per heavy atom. The summed E-state index contributed by atoms with van der Waals surface area (Å²) in [6.45, 7) is 0. The molecule has 4 rings (SSSR count). The summed E-state index contributed by atoms with van der Waals surface area (Å²) in [5.74, 6) is -1.77. The van der Waals surface area contributed by atoms with Gasteiger partial charge in [-0.25, -0.2) is 8.78 Å². The van der Waals surface area contributed by atoms with Gasteiger partial charge < -0.3 is 0 Å². The number of halogens is 2. The number of hydrogen-bond donors (Lipinski definition) is 0. The summed E-state index contributed by atoms with van der Waals surface area (Å²) in [4.78, 5) is 15.4. The average molecular weight is 326 g/mol. The molecule has 23 heavy (non-hydrogen) atoms. The maximum atomic E-state index is 13.7. The molecule has 0 radical (unpaired) electrons. The second-order valence-electron chi connectivity index (χ2n) is 5.39. The third kappa shape index (κ3) is 2.30. The minimum atomic E-state index is -0.655. The van der Waals surface area contributed by atoms with E-state index in [2.05, 4.69) is 0 Å². The van der Waals surface area contributed by atoms with Crippen molar-refractivity contribution >= 4 is 21.1 Å². The van der Waals surface area contributed by atoms with Crippen LogP contribution in [0.15, 0.2) is 82.4 Å². The fourth-order valence-electron chi connectivity index (χ4n) is 2.95. The molecule has 0 aromatic heterocycles. The molecule has 0 amide bonds. The maximum Gasteiger partial charge on any atom is 0.175 e. The van der Waals surface area contributed by atoms with Gasteiger partial charge in [-0.3, -0.25) is 4.79 Å². The summed E-state index contributed by atoms with van der Waals surface area (Å²) >= 11 is 0. The van der Waals surface area contributed by atoms with Crippen LogP contribution in [0.5, 0.6) is 0 Å². The van der Waals surface area contributed by atoms with E-state index in [1.807, 2.05) is 30.3 Å². The number of Topliss-reactive ketones (excluding diaryl/α,β-unsaturated/α-hetero) is 1. The first kappa shape index (κ1) is 14.3. The lowest BCUT2D eigenvalue weighted by Gasteiger charge is -2.29. The molecular formula is C19H12F2OS. The van der Waals surface area contributed by atoms with E-state index in [1.165, 1.54) is 24.3 Å². The van der Waals surface area contributed by atoms with Gasteiger partial charge in [0.2, 0.25) is 0 Å². The Labute approximate surface area is 134 Å². The highest BCUT2D eigenvalue weighted by Crippen LogP contribution is 2.46. The topological polar surface area (TPSA) is 17.1 Å². The van der Waals surface area contributed by atoms with E-state index in [0.717, 1.165) is 14.7 Å². The molecule has 0 fully saturated rings. The second-order valence-corrected chi connectivity index (χ2v) is 7.38. The first-order chi connectivity index (χ1) is 11.1. The molecule has 0 bridgehead atoms. The molecule has 1 aliphatic heterocycles. The van der Waals surface area contributed by atoms with E-state index in [1.54, 1.807) is 12.1 Å². The lowest BCUT2D eigenvalue weighted by Crippen LogP contribution is -2.27. The lowest BCUT2D eigenvalue weighted by atomic mass is 9.90. The Morgan fingerprint density at radius 2 is 1.74 bits per heavy atom. The number of carbonyl (C=O) groups is 1. The van der Waals surface area contributed by atoms with Crippen LogP contribution in [0.2, 0.25) is 0 Å². The van der Waals surface area contributed by atoms with Crippen LogP contribution in [0.4, 0.5) is 8.78 Å². The van der Waals surface area contributed by atoms with Gasteiger partial charge in [0.05, 0.1) is 5.92 Å². The van der Waals surface area contributed by atoms with Crippen molar-refractivity contribution in [2.45, 2.75) is 9.79 Å². The first-order valence-corrected chi connectivity index (χ1v) is 8.43. The van der Waals surface area contributed by atoms with Gasteiger partial charge in [-0.15, -0.1) is 10.5 Å². The van der Waals surface area contributed by atoms with Crippen LogP contribution < -0.4 is 0 Å². The number of carbonyl (C=O) groups excluding carboxylic acids is 1. The molecule has 0 N–H and O–H groups in total. The molecule has 4 heteroatoms. The minimum Gasteiger partial charge on any atom is -0.293 e. The summed E-state index contributed by atoms with van der Waals surface area (Å²) in [5, 5.41) is 0. The smallest absolute Gasteiger partial charge is 0.175 e. The quantitative estimate of drug-likeness (QED) is 0.680. The Bertz CT molecular complexity index is 910. The van der Waals surface area contributed by atoms with Crippen molar-refractivity contribution in [3.05, 3.63) is 84.0 Å². The number of benzene rings is 2. The Morgan fingerprint density at radius 3 is 2.52 bits per heavy atom. The normalized spacial score (nSPS) is 22.4. The van der Waals surface area contributed by atoms with Crippen molar-refractivity contribution in [2.75, 3.05) is 0 Å². The zero-order chi connectivity index (χ0) is 16.0. The number of fused-ring (bicyclic) bond motifs is 2. The van der Waals surface area contributed by atoms with Crippen LogP contribution in [0.25, 0.3) is 0 Å². The summed E-state index contributed by atoms with van der Waals surface area (Å²) in [7, 11) is -0.512. The van der Waals surface area contributed by atoms with Crippen molar-refractivity contribution in [1.82, 2.24) is 0 Å². The van der Waals surface area contributed by atoms with Gasteiger partial charge in [-0.2, -0.15) is 0 Å². The summed E-state index contributed by atoms with van der Waals surface area (Å²) < 4.78 is 27.3. The van der Waals surface area contributed by atoms with Crippen molar-refractivity contribution in [3.8, 4) is 0 Å². The Kier molecular flexibility index (Phi) is 3.34. The largest absolute Gasteiger partial charge is 0.293 e. The molecule has 0 spiro atoms. The molecule has 0 saturated heterocycles. The van der Waals surface area contributed by atoms with Gasteiger partial charge >= 0.3 is 0 Å². The number of rotatable bonds is 1. The van der Waals surface area contributed by atoms with E-state index in [0.29, 0.717) is 5.56 Å². The first-order valence-electron chi connectivity index (χ1n) is 7.20. The fourth-order valence-corrected chi connectivity index (χ4v) is 5.38. The van der Waals surface area contributed by atoms with E-state index in [9.17, 15) is 13.6 Å². The summed E-state index contributed by atoms with van der Waals surface area (Å²) in [6.07, 6.45) is 4.41. The molecule has 2 aromatic rings. The van der Waals surface area contributed by atoms with Gasteiger partial charge in [-0.05, 0) is 53.4 Å². The number of allylic oxidation sites excluding steroid dienone is 4. The molecular weight excluding hydrogens is 314 g/mol. The fraction of sp³-hybridized carbons (Fsp3) is 0.0526. The number of ketones is 1. The van der Waals surface area contributed by atoms with Crippen LogP contribution in [0.1, 0.15) is 10.4 Å². The van der Waals surface area contributed by atoms with E-state index >= 15 is 0 Å². The third-order valence-electron chi connectivity index (χ3n) is 3.96. The van der Waals surface area contributed by atoms with Crippen LogP contribution in [-0.2, 0) is 0 Å². The van der Waals surface area contributed by atoms with Gasteiger partial charge in [0, 0.05) is 15.4 Å². The van der Waals surface area contributed by atoms with Crippen molar-refractivity contribution in [2.24, 2.45) is 5.92 Å². The standard InChI is InChI=1S/C19H12F2OS/c20-12-6-8-17-15(10-12)19(22)16-11-13(21)7-9-18(16)23(17)14-4-2-1-3-5-14/h1-11,15H. The molecule has 0 saturated carbocycles. The monoisotopic (exact) mass is 326 g/mol. The molecule has 2 aliphatic rings. The average Bonchev–Trinajstić information content (AvgIpc) is 2.57. The third-order valence-corrected chi connectivity index (χ3v) is 6.36. The highest BCUT2D eigenvalue weighted by atomic mass is 32.2.